The lowest BCUT2D eigenvalue weighted by Gasteiger charge is -2.37. The predicted octanol–water partition coefficient (Wildman–Crippen LogP) is 28.8. The van der Waals surface area contributed by atoms with Gasteiger partial charge in [0.2, 0.25) is 0 Å². The van der Waals surface area contributed by atoms with Crippen molar-refractivity contribution < 1.29 is 0 Å². The van der Waals surface area contributed by atoms with Gasteiger partial charge in [0.25, 0.3) is 0 Å². The van der Waals surface area contributed by atoms with Crippen molar-refractivity contribution >= 4 is 26.5 Å². The van der Waals surface area contributed by atoms with Crippen molar-refractivity contribution in [2.24, 2.45) is 59.2 Å². The third kappa shape index (κ3) is 17.8. The maximum atomic E-state index is 2.77. The minimum absolute atomic E-state index is 0.0106. The summed E-state index contributed by atoms with van der Waals surface area (Å²) in [6.07, 6.45) is 30.8. The van der Waals surface area contributed by atoms with Gasteiger partial charge in [-0.3, -0.25) is 0 Å². The summed E-state index contributed by atoms with van der Waals surface area (Å²) in [5.74, 6) is 7.07. The zero-order chi connectivity index (χ0) is 70.4. The first-order valence-corrected chi connectivity index (χ1v) is 47.8. The largest absolute Gasteiger partial charge is 0.0776 e. The van der Waals surface area contributed by atoms with Gasteiger partial charge >= 0.3 is 0 Å². The number of fused-ring (bicyclic) bond motifs is 9. The van der Waals surface area contributed by atoms with Crippen molar-refractivity contribution in [3.8, 4) is 55.6 Å². The lowest BCUT2D eigenvalue weighted by atomic mass is 9.66. The van der Waals surface area contributed by atoms with E-state index >= 15 is 0 Å². The first kappa shape index (κ1) is 76.9. The van der Waals surface area contributed by atoms with Crippen LogP contribution in [0.15, 0.2) is 109 Å². The third-order valence-corrected chi connectivity index (χ3v) is 29.5. The quantitative estimate of drug-likeness (QED) is 0.0339. The van der Waals surface area contributed by atoms with Gasteiger partial charge < -0.3 is 0 Å². The van der Waals surface area contributed by atoms with Crippen molar-refractivity contribution in [1.29, 1.82) is 0 Å². The lowest BCUT2D eigenvalue weighted by Crippen LogP contribution is -2.39. The van der Waals surface area contributed by atoms with E-state index in [9.17, 15) is 0 Å². The van der Waals surface area contributed by atoms with Crippen LogP contribution in [-0.2, 0) is 16.2 Å². The number of hydrogen-bond acceptors (Lipinski definition) is 0. The molecule has 2 heteroatoms. The monoisotopic (exact) mass is 1340 g/mol. The fourth-order valence-electron chi connectivity index (χ4n) is 18.5. The summed E-state index contributed by atoms with van der Waals surface area (Å²) < 4.78 is 0. The molecule has 9 rings (SSSR count). The average Bonchev–Trinajstić information content (AvgIpc) is 1.58. The van der Waals surface area contributed by atoms with E-state index in [0.717, 1.165) is 23.7 Å². The second-order valence-electron chi connectivity index (χ2n) is 37.6. The molecule has 0 N–H and O–H groups in total. The Morgan fingerprint density at radius 3 is 0.711 bits per heavy atom. The average molecular weight is 1340 g/mol. The Kier molecular flexibility index (Phi) is 26.0. The Labute approximate surface area is 600 Å². The number of benzene rings is 6. The molecule has 3 aliphatic carbocycles. The van der Waals surface area contributed by atoms with Crippen molar-refractivity contribution in [2.45, 2.75) is 320 Å². The van der Waals surface area contributed by atoms with E-state index in [0.29, 0.717) is 35.5 Å². The topological polar surface area (TPSA) is 0 Å². The summed E-state index contributed by atoms with van der Waals surface area (Å²) in [4.78, 5) is 0. The summed E-state index contributed by atoms with van der Waals surface area (Å²) in [6, 6.07) is 47.4. The van der Waals surface area contributed by atoms with Crippen LogP contribution in [0.5, 0.6) is 0 Å². The van der Waals surface area contributed by atoms with Crippen LogP contribution in [0.4, 0.5) is 0 Å². The molecule has 0 fully saturated rings. The van der Waals surface area contributed by atoms with Crippen LogP contribution in [0.2, 0.25) is 39.3 Å². The highest BCUT2D eigenvalue weighted by atomic mass is 28.3. The smallest absolute Gasteiger partial charge is 0.0656 e. The van der Waals surface area contributed by atoms with Gasteiger partial charge in [-0.05, 0) is 237 Å². The van der Waals surface area contributed by atoms with Crippen LogP contribution in [0.25, 0.3) is 55.6 Å². The fraction of sp³-hybridized carbons (Fsp3) is 0.621. The maximum absolute atomic E-state index is 2.77. The normalized spacial score (nSPS) is 16.9. The van der Waals surface area contributed by atoms with E-state index in [1.54, 1.807) is 43.8 Å². The van der Waals surface area contributed by atoms with Gasteiger partial charge in [0, 0.05) is 16.2 Å². The molecule has 0 aromatic heterocycles. The van der Waals surface area contributed by atoms with Crippen molar-refractivity contribution in [3.63, 3.8) is 0 Å². The highest BCUT2D eigenvalue weighted by molar-refractivity contribution is 6.89. The van der Waals surface area contributed by atoms with Crippen LogP contribution in [0, 0.1) is 59.2 Å². The Hall–Kier alpha value is -4.25. The van der Waals surface area contributed by atoms with Crippen LogP contribution in [0.1, 0.15) is 298 Å². The second kappa shape index (κ2) is 32.8. The van der Waals surface area contributed by atoms with Crippen LogP contribution in [0.3, 0.4) is 0 Å². The Bertz CT molecular complexity index is 3250. The van der Waals surface area contributed by atoms with Crippen LogP contribution in [-0.4, -0.2) is 16.1 Å². The summed E-state index contributed by atoms with van der Waals surface area (Å²) in [5.41, 5.74) is 24.2. The molecule has 97 heavy (non-hydrogen) atoms. The molecule has 0 saturated heterocycles. The van der Waals surface area contributed by atoms with Crippen molar-refractivity contribution in [3.05, 3.63) is 143 Å². The molecule has 0 bridgehead atoms. The minimum Gasteiger partial charge on any atom is -0.0656 e. The first-order chi connectivity index (χ1) is 45.9. The van der Waals surface area contributed by atoms with E-state index in [2.05, 4.69) is 259 Å². The van der Waals surface area contributed by atoms with E-state index in [1.807, 2.05) is 0 Å². The molecule has 0 nitrogen and oxygen atoms in total. The SMILES string of the molecule is CC[C@H](C)CC1(C[C@@H](C)CC)c2cc(-c3ccc4c(c3)C(CC[C@@H](C)CCCC(C)C)(CC[C@@H](C)CCCC(C)C)c3cc([Si](C)(C)C)ccc3-4)ccc2-c2ccc(-c3ccc4c(c3)C(CC[C@@H](C)CCCC(C)C)(CC[C@@H](C)CCCC(C)C)c3cc([Si](C)(C)C)ccc3-4)cc21. The molecule has 0 radical (unpaired) electrons. The predicted molar refractivity (Wildman–Crippen MR) is 438 cm³/mol. The molecule has 0 unspecified atom stereocenters. The molecule has 3 aliphatic rings. The zero-order valence-electron chi connectivity index (χ0n) is 66.6. The number of hydrogen-bond donors (Lipinski definition) is 0. The van der Waals surface area contributed by atoms with Gasteiger partial charge in [-0.2, -0.15) is 0 Å². The van der Waals surface area contributed by atoms with Crippen LogP contribution < -0.4 is 10.4 Å². The van der Waals surface area contributed by atoms with Crippen molar-refractivity contribution in [1.82, 2.24) is 0 Å². The molecule has 0 amide bonds. The highest BCUT2D eigenvalue weighted by Crippen LogP contribution is 2.60. The van der Waals surface area contributed by atoms with Gasteiger partial charge in [-0.25, -0.2) is 0 Å². The molecule has 6 aromatic carbocycles. The summed E-state index contributed by atoms with van der Waals surface area (Å²) in [5, 5.41) is 3.23. The Morgan fingerprint density at radius 2 is 0.485 bits per heavy atom. The second-order valence-corrected chi connectivity index (χ2v) is 47.8. The van der Waals surface area contributed by atoms with Gasteiger partial charge in [0.1, 0.15) is 0 Å². The minimum atomic E-state index is -1.61. The van der Waals surface area contributed by atoms with Gasteiger partial charge in [0.05, 0.1) is 16.1 Å². The van der Waals surface area contributed by atoms with Gasteiger partial charge in [0.15, 0.2) is 0 Å². The fourth-order valence-corrected chi connectivity index (χ4v) is 20.8. The van der Waals surface area contributed by atoms with Gasteiger partial charge in [-0.1, -0.05) is 335 Å². The van der Waals surface area contributed by atoms with Crippen LogP contribution >= 0.6 is 0 Å². The molecule has 0 spiro atoms. The molecule has 6 aromatic rings. The van der Waals surface area contributed by atoms with E-state index < -0.39 is 16.1 Å². The van der Waals surface area contributed by atoms with Gasteiger partial charge in [-0.15, -0.1) is 0 Å². The highest BCUT2D eigenvalue weighted by Gasteiger charge is 2.48. The van der Waals surface area contributed by atoms with E-state index in [1.165, 1.54) is 210 Å². The lowest BCUT2D eigenvalue weighted by molar-refractivity contribution is 0.308. The zero-order valence-corrected chi connectivity index (χ0v) is 68.6. The first-order valence-electron chi connectivity index (χ1n) is 40.8. The van der Waals surface area contributed by atoms with E-state index in [4.69, 9.17) is 0 Å². The molecular weight excluding hydrogens is 1200 g/mol. The molecule has 0 saturated carbocycles. The Morgan fingerprint density at radius 1 is 0.258 bits per heavy atom. The molecule has 0 aliphatic heterocycles. The summed E-state index contributed by atoms with van der Waals surface area (Å²) in [6.45, 7) is 55.0. The molecule has 530 valence electrons. The Balaban J connectivity index is 1.17. The molecule has 6 atom stereocenters. The third-order valence-electron chi connectivity index (χ3n) is 25.4. The van der Waals surface area contributed by atoms with Crippen molar-refractivity contribution in [2.75, 3.05) is 0 Å². The summed E-state index contributed by atoms with van der Waals surface area (Å²) >= 11 is 0. The maximum Gasteiger partial charge on any atom is 0.0776 e. The summed E-state index contributed by atoms with van der Waals surface area (Å²) in [7, 11) is -3.22. The van der Waals surface area contributed by atoms with E-state index in [-0.39, 0.29) is 16.2 Å². The number of rotatable bonds is 38. The standard InChI is InChI=1S/C95H142Si2/c1-23-69(11)63-95(64-70(12)24-2)89-59-77(75-37-43-81-85-47-41-79(96(17,18)19)61-91(85)93(87(81)57-75,53-49-71(13)33-25-29-65(3)4)54-50-72(14)34-26-30-66(5)6)39-45-83(89)84-46-40-78(60-90(84)95)76-38-44-82-86-48-42-80(97(20,21)22)62-92(86)94(88(82)58-76,55-51-73(15)35-27-31-67(7)8)56-52-74(16)36-28-32-68(9)10/h37-48,57-62,65-74H,23-36,49-56,63-64H2,1-22H3/t69-,70-,71-,72-,73-,74-/m0/s1. The molecular formula is C95H142Si2. The molecule has 0 heterocycles.